The van der Waals surface area contributed by atoms with E-state index < -0.39 is 0 Å². The standard InChI is InChI=1S/C16H19N3O3.HI/c1-21-13-5-3-4-12(9-13)19-16(17)18-10-11-6-7-15(22-2)14(20)8-11;/h3-9,20H,10H2,1-2H3,(H3,17,18,19);1H. The lowest BCUT2D eigenvalue weighted by Gasteiger charge is -2.08. The van der Waals surface area contributed by atoms with Crippen LogP contribution in [0.15, 0.2) is 47.5 Å². The number of methoxy groups -OCH3 is 2. The van der Waals surface area contributed by atoms with Crippen LogP contribution in [0.2, 0.25) is 0 Å². The SMILES string of the molecule is COc1cccc(NC(N)=NCc2ccc(OC)c(O)c2)c1.I. The lowest BCUT2D eigenvalue weighted by molar-refractivity contribution is 0.373. The molecule has 0 saturated heterocycles. The van der Waals surface area contributed by atoms with E-state index in [0.717, 1.165) is 17.0 Å². The second-order valence-corrected chi connectivity index (χ2v) is 4.56. The molecule has 2 aromatic rings. The van der Waals surface area contributed by atoms with Gasteiger partial charge >= 0.3 is 0 Å². The average molecular weight is 429 g/mol. The van der Waals surface area contributed by atoms with Crippen molar-refractivity contribution in [2.75, 3.05) is 19.5 Å². The number of rotatable bonds is 5. The highest BCUT2D eigenvalue weighted by molar-refractivity contribution is 14.0. The Hall–Kier alpha value is -2.16. The van der Waals surface area contributed by atoms with Gasteiger partial charge in [-0.05, 0) is 29.8 Å². The number of nitrogens with two attached hydrogens (primary N) is 1. The molecule has 6 nitrogen and oxygen atoms in total. The number of aromatic hydroxyl groups is 1. The van der Waals surface area contributed by atoms with Crippen molar-refractivity contribution in [3.8, 4) is 17.2 Å². The maximum absolute atomic E-state index is 9.72. The van der Waals surface area contributed by atoms with E-state index in [4.69, 9.17) is 15.2 Å². The molecule has 0 spiro atoms. The number of phenolic OH excluding ortho intramolecular Hbond substituents is 1. The Morgan fingerprint density at radius 1 is 1.17 bits per heavy atom. The van der Waals surface area contributed by atoms with E-state index in [2.05, 4.69) is 10.3 Å². The van der Waals surface area contributed by atoms with E-state index in [1.165, 1.54) is 7.11 Å². The average Bonchev–Trinajstić information content (AvgIpc) is 2.53. The molecule has 0 bridgehead atoms. The van der Waals surface area contributed by atoms with Gasteiger partial charge in [-0.25, -0.2) is 4.99 Å². The first kappa shape index (κ1) is 18.9. The monoisotopic (exact) mass is 429 g/mol. The Morgan fingerprint density at radius 2 is 1.96 bits per heavy atom. The van der Waals surface area contributed by atoms with Gasteiger partial charge in [0.15, 0.2) is 17.5 Å². The molecule has 0 aliphatic heterocycles. The van der Waals surface area contributed by atoms with Gasteiger partial charge in [-0.3, -0.25) is 0 Å². The van der Waals surface area contributed by atoms with Crippen molar-refractivity contribution in [2.24, 2.45) is 10.7 Å². The first-order valence-corrected chi connectivity index (χ1v) is 6.69. The number of guanidine groups is 1. The van der Waals surface area contributed by atoms with Crippen LogP contribution in [0.5, 0.6) is 17.2 Å². The van der Waals surface area contributed by atoms with Crippen LogP contribution in [0.3, 0.4) is 0 Å². The molecule has 0 aromatic heterocycles. The molecule has 0 unspecified atom stereocenters. The Labute approximate surface area is 152 Å². The fraction of sp³-hybridized carbons (Fsp3) is 0.188. The summed E-state index contributed by atoms with van der Waals surface area (Å²) in [5.41, 5.74) is 7.47. The second-order valence-electron chi connectivity index (χ2n) is 4.56. The molecule has 0 saturated carbocycles. The van der Waals surface area contributed by atoms with Gasteiger partial charge in [-0.2, -0.15) is 0 Å². The number of hydrogen-bond donors (Lipinski definition) is 3. The van der Waals surface area contributed by atoms with Crippen LogP contribution >= 0.6 is 24.0 Å². The van der Waals surface area contributed by atoms with Gasteiger partial charge in [-0.1, -0.05) is 12.1 Å². The van der Waals surface area contributed by atoms with E-state index in [1.54, 1.807) is 19.2 Å². The highest BCUT2D eigenvalue weighted by Gasteiger charge is 2.02. The van der Waals surface area contributed by atoms with E-state index in [-0.39, 0.29) is 35.7 Å². The summed E-state index contributed by atoms with van der Waals surface area (Å²) in [7, 11) is 3.11. The van der Waals surface area contributed by atoms with Crippen molar-refractivity contribution in [1.82, 2.24) is 0 Å². The zero-order valence-electron chi connectivity index (χ0n) is 12.9. The fourth-order valence-corrected chi connectivity index (χ4v) is 1.90. The molecular weight excluding hydrogens is 409 g/mol. The highest BCUT2D eigenvalue weighted by Crippen LogP contribution is 2.26. The molecule has 23 heavy (non-hydrogen) atoms. The Kier molecular flexibility index (Phi) is 7.46. The third-order valence-electron chi connectivity index (χ3n) is 3.02. The molecule has 4 N–H and O–H groups in total. The van der Waals surface area contributed by atoms with Gasteiger partial charge < -0.3 is 25.6 Å². The van der Waals surface area contributed by atoms with Crippen molar-refractivity contribution in [3.05, 3.63) is 48.0 Å². The van der Waals surface area contributed by atoms with Gasteiger partial charge in [0.2, 0.25) is 0 Å². The minimum Gasteiger partial charge on any atom is -0.504 e. The number of benzene rings is 2. The van der Waals surface area contributed by atoms with Crippen molar-refractivity contribution in [1.29, 1.82) is 0 Å². The Bertz CT molecular complexity index is 677. The number of aliphatic imine (C=N–C) groups is 1. The lowest BCUT2D eigenvalue weighted by atomic mass is 10.2. The van der Waals surface area contributed by atoms with Crippen LogP contribution < -0.4 is 20.5 Å². The third-order valence-corrected chi connectivity index (χ3v) is 3.02. The number of nitrogens with one attached hydrogen (secondary N) is 1. The summed E-state index contributed by atoms with van der Waals surface area (Å²) in [4.78, 5) is 4.23. The molecule has 7 heteroatoms. The van der Waals surface area contributed by atoms with E-state index >= 15 is 0 Å². The summed E-state index contributed by atoms with van der Waals surface area (Å²) in [5.74, 6) is 1.52. The fourth-order valence-electron chi connectivity index (χ4n) is 1.90. The number of nitrogens with zero attached hydrogens (tertiary/aromatic N) is 1. The number of phenols is 1. The maximum Gasteiger partial charge on any atom is 0.193 e. The van der Waals surface area contributed by atoms with E-state index in [1.807, 2.05) is 30.3 Å². The zero-order valence-corrected chi connectivity index (χ0v) is 15.3. The topological polar surface area (TPSA) is 89.1 Å². The minimum absolute atomic E-state index is 0. The van der Waals surface area contributed by atoms with Crippen LogP contribution in [-0.4, -0.2) is 25.3 Å². The number of ether oxygens (including phenoxy) is 2. The smallest absolute Gasteiger partial charge is 0.193 e. The van der Waals surface area contributed by atoms with Crippen molar-refractivity contribution >= 4 is 35.6 Å². The zero-order chi connectivity index (χ0) is 15.9. The van der Waals surface area contributed by atoms with E-state index in [9.17, 15) is 5.11 Å². The van der Waals surface area contributed by atoms with Crippen LogP contribution in [-0.2, 0) is 6.54 Å². The summed E-state index contributed by atoms with van der Waals surface area (Å²) in [5, 5.41) is 12.7. The summed E-state index contributed by atoms with van der Waals surface area (Å²) in [6.07, 6.45) is 0. The molecule has 2 rings (SSSR count). The van der Waals surface area contributed by atoms with Crippen LogP contribution in [0.25, 0.3) is 0 Å². The lowest BCUT2D eigenvalue weighted by Crippen LogP contribution is -2.22. The largest absolute Gasteiger partial charge is 0.504 e. The van der Waals surface area contributed by atoms with E-state index in [0.29, 0.717) is 12.3 Å². The molecule has 0 radical (unpaired) electrons. The summed E-state index contributed by atoms with van der Waals surface area (Å²) < 4.78 is 10.1. The molecule has 0 amide bonds. The van der Waals surface area contributed by atoms with Gasteiger partial charge in [0.05, 0.1) is 20.8 Å². The van der Waals surface area contributed by atoms with Gasteiger partial charge in [0.25, 0.3) is 0 Å². The predicted octanol–water partition coefficient (Wildman–Crippen LogP) is 2.95. The first-order valence-electron chi connectivity index (χ1n) is 6.69. The molecular formula is C16H20IN3O3. The number of halogens is 1. The predicted molar refractivity (Wildman–Crippen MR) is 102 cm³/mol. The normalized spacial score (nSPS) is 10.6. The summed E-state index contributed by atoms with van der Waals surface area (Å²) in [6.45, 7) is 0.348. The molecule has 0 aliphatic rings. The second kappa shape index (κ2) is 9.09. The molecule has 124 valence electrons. The van der Waals surface area contributed by atoms with Crippen LogP contribution in [0.1, 0.15) is 5.56 Å². The Morgan fingerprint density at radius 3 is 2.61 bits per heavy atom. The van der Waals surface area contributed by atoms with Crippen molar-refractivity contribution in [2.45, 2.75) is 6.54 Å². The maximum atomic E-state index is 9.72. The van der Waals surface area contributed by atoms with Crippen molar-refractivity contribution < 1.29 is 14.6 Å². The molecule has 0 atom stereocenters. The molecule has 0 fully saturated rings. The van der Waals surface area contributed by atoms with Crippen LogP contribution in [0.4, 0.5) is 5.69 Å². The van der Waals surface area contributed by atoms with Gasteiger partial charge in [0, 0.05) is 11.8 Å². The minimum atomic E-state index is 0. The number of hydrogen-bond acceptors (Lipinski definition) is 4. The van der Waals surface area contributed by atoms with Crippen LogP contribution in [0, 0.1) is 0 Å². The van der Waals surface area contributed by atoms with Gasteiger partial charge in [0.1, 0.15) is 5.75 Å². The van der Waals surface area contributed by atoms with Crippen molar-refractivity contribution in [3.63, 3.8) is 0 Å². The summed E-state index contributed by atoms with van der Waals surface area (Å²) >= 11 is 0. The highest BCUT2D eigenvalue weighted by atomic mass is 127. The molecule has 0 aliphatic carbocycles. The third kappa shape index (κ3) is 5.51. The number of anilines is 1. The summed E-state index contributed by atoms with van der Waals surface area (Å²) in [6, 6.07) is 12.5. The molecule has 2 aromatic carbocycles. The first-order chi connectivity index (χ1) is 10.6. The Balaban J connectivity index is 0.00000264. The molecule has 0 heterocycles. The quantitative estimate of drug-likeness (QED) is 0.387. The van der Waals surface area contributed by atoms with Gasteiger partial charge in [-0.15, -0.1) is 24.0 Å².